The first-order valence-corrected chi connectivity index (χ1v) is 8.45. The minimum atomic E-state index is -2.66. The number of carbonyl (C=O) groups is 1. The molecule has 1 amide bonds. The summed E-state index contributed by atoms with van der Waals surface area (Å²) in [5.41, 5.74) is 2.72. The molecule has 0 saturated heterocycles. The molecule has 1 aromatic carbocycles. The lowest BCUT2D eigenvalue weighted by Crippen LogP contribution is -2.38. The average Bonchev–Trinajstić information content (AvgIpc) is 2.58. The SMILES string of the molecule is O=C(NO)C(CC(O)CCc1ccccc1)C1CCC(F)(F)CC1. The highest BCUT2D eigenvalue weighted by molar-refractivity contribution is 5.77. The summed E-state index contributed by atoms with van der Waals surface area (Å²) in [4.78, 5) is 11.9. The number of aryl methyl sites for hydroxylation is 1. The van der Waals surface area contributed by atoms with Crippen LogP contribution in [0.1, 0.15) is 44.1 Å². The lowest BCUT2D eigenvalue weighted by atomic mass is 9.75. The van der Waals surface area contributed by atoms with Gasteiger partial charge in [0.05, 0.1) is 6.10 Å². The van der Waals surface area contributed by atoms with Crippen molar-refractivity contribution in [3.63, 3.8) is 0 Å². The Morgan fingerprint density at radius 3 is 2.46 bits per heavy atom. The number of amides is 1. The van der Waals surface area contributed by atoms with Gasteiger partial charge in [0.1, 0.15) is 0 Å². The minimum absolute atomic E-state index is 0.176. The van der Waals surface area contributed by atoms with E-state index in [-0.39, 0.29) is 38.0 Å². The Hall–Kier alpha value is -1.53. The summed E-state index contributed by atoms with van der Waals surface area (Å²) >= 11 is 0. The van der Waals surface area contributed by atoms with E-state index in [1.165, 1.54) is 0 Å². The lowest BCUT2D eigenvalue weighted by molar-refractivity contribution is -0.139. The molecule has 2 atom stereocenters. The highest BCUT2D eigenvalue weighted by Gasteiger charge is 2.40. The van der Waals surface area contributed by atoms with Crippen molar-refractivity contribution >= 4 is 5.91 Å². The normalized spacial score (nSPS) is 20.3. The Morgan fingerprint density at radius 2 is 1.88 bits per heavy atom. The minimum Gasteiger partial charge on any atom is -0.393 e. The molecule has 1 saturated carbocycles. The van der Waals surface area contributed by atoms with Crippen LogP contribution in [-0.2, 0) is 11.2 Å². The number of rotatable bonds is 7. The second-order valence-electron chi connectivity index (χ2n) is 6.69. The van der Waals surface area contributed by atoms with Crippen LogP contribution in [0.15, 0.2) is 30.3 Å². The summed E-state index contributed by atoms with van der Waals surface area (Å²) < 4.78 is 26.6. The first-order valence-electron chi connectivity index (χ1n) is 8.45. The largest absolute Gasteiger partial charge is 0.393 e. The maximum Gasteiger partial charge on any atom is 0.248 e. The third-order valence-corrected chi connectivity index (χ3v) is 4.91. The monoisotopic (exact) mass is 341 g/mol. The van der Waals surface area contributed by atoms with Crippen LogP contribution in [0.25, 0.3) is 0 Å². The number of hydroxylamine groups is 1. The van der Waals surface area contributed by atoms with Gasteiger partial charge in [0.25, 0.3) is 0 Å². The molecule has 2 rings (SSSR count). The van der Waals surface area contributed by atoms with Crippen LogP contribution < -0.4 is 5.48 Å². The zero-order valence-electron chi connectivity index (χ0n) is 13.6. The van der Waals surface area contributed by atoms with E-state index in [1.54, 1.807) is 5.48 Å². The molecule has 24 heavy (non-hydrogen) atoms. The average molecular weight is 341 g/mol. The van der Waals surface area contributed by atoms with Crippen molar-refractivity contribution in [1.29, 1.82) is 0 Å². The molecule has 0 heterocycles. The van der Waals surface area contributed by atoms with E-state index in [0.29, 0.717) is 12.8 Å². The summed E-state index contributed by atoms with van der Waals surface area (Å²) in [6.45, 7) is 0. The standard InChI is InChI=1S/C18H25F2NO3/c19-18(20)10-8-14(9-11-18)16(17(23)21-24)12-15(22)7-6-13-4-2-1-3-5-13/h1-5,14-16,22,24H,6-12H2,(H,21,23). The van der Waals surface area contributed by atoms with Gasteiger partial charge in [0.15, 0.2) is 0 Å². The third kappa shape index (κ3) is 5.53. The summed E-state index contributed by atoms with van der Waals surface area (Å²) in [6.07, 6.45) is 0.609. The van der Waals surface area contributed by atoms with Gasteiger partial charge in [-0.15, -0.1) is 0 Å². The Balaban J connectivity index is 1.89. The van der Waals surface area contributed by atoms with Gasteiger partial charge in [-0.2, -0.15) is 0 Å². The Labute approximate surface area is 140 Å². The van der Waals surface area contributed by atoms with Gasteiger partial charge in [0, 0.05) is 18.8 Å². The smallest absolute Gasteiger partial charge is 0.248 e. The maximum absolute atomic E-state index is 13.3. The fourth-order valence-corrected chi connectivity index (χ4v) is 3.45. The van der Waals surface area contributed by atoms with Crippen LogP contribution in [0.5, 0.6) is 0 Å². The van der Waals surface area contributed by atoms with Crippen molar-refractivity contribution in [2.75, 3.05) is 0 Å². The van der Waals surface area contributed by atoms with E-state index >= 15 is 0 Å². The predicted molar refractivity (Wildman–Crippen MR) is 85.7 cm³/mol. The molecule has 2 unspecified atom stereocenters. The third-order valence-electron chi connectivity index (χ3n) is 4.91. The van der Waals surface area contributed by atoms with Crippen molar-refractivity contribution in [3.05, 3.63) is 35.9 Å². The van der Waals surface area contributed by atoms with Crippen LogP contribution >= 0.6 is 0 Å². The van der Waals surface area contributed by atoms with Gasteiger partial charge in [0.2, 0.25) is 11.8 Å². The molecule has 0 aliphatic heterocycles. The quantitative estimate of drug-likeness (QED) is 0.526. The second-order valence-corrected chi connectivity index (χ2v) is 6.69. The maximum atomic E-state index is 13.3. The number of nitrogens with one attached hydrogen (secondary N) is 1. The number of benzene rings is 1. The first-order chi connectivity index (χ1) is 11.4. The molecular formula is C18H25F2NO3. The van der Waals surface area contributed by atoms with Gasteiger partial charge in [-0.3, -0.25) is 10.0 Å². The molecule has 1 aliphatic rings. The number of aliphatic hydroxyl groups is 1. The molecular weight excluding hydrogens is 316 g/mol. The van der Waals surface area contributed by atoms with Crippen molar-refractivity contribution in [2.24, 2.45) is 11.8 Å². The molecule has 6 heteroatoms. The summed E-state index contributed by atoms with van der Waals surface area (Å²) in [5, 5.41) is 19.2. The fraction of sp³-hybridized carbons (Fsp3) is 0.611. The molecule has 0 radical (unpaired) electrons. The molecule has 1 aromatic rings. The summed E-state index contributed by atoms with van der Waals surface area (Å²) in [6, 6.07) is 9.69. The Bertz CT molecular complexity index is 514. The summed E-state index contributed by atoms with van der Waals surface area (Å²) in [5.74, 6) is -4.13. The second kappa shape index (κ2) is 8.53. The van der Waals surface area contributed by atoms with Gasteiger partial charge in [-0.1, -0.05) is 30.3 Å². The number of hydrogen-bond acceptors (Lipinski definition) is 3. The van der Waals surface area contributed by atoms with E-state index in [0.717, 1.165) is 5.56 Å². The molecule has 4 nitrogen and oxygen atoms in total. The van der Waals surface area contributed by atoms with Crippen molar-refractivity contribution < 1.29 is 23.9 Å². The lowest BCUT2D eigenvalue weighted by Gasteiger charge is -2.33. The molecule has 1 fully saturated rings. The number of alkyl halides is 2. The zero-order valence-corrected chi connectivity index (χ0v) is 13.6. The van der Waals surface area contributed by atoms with Crippen molar-refractivity contribution in [2.45, 2.75) is 57.0 Å². The van der Waals surface area contributed by atoms with E-state index < -0.39 is 23.9 Å². The number of hydrogen-bond donors (Lipinski definition) is 3. The van der Waals surface area contributed by atoms with E-state index in [9.17, 15) is 18.7 Å². The molecule has 0 bridgehead atoms. The Kier molecular flexibility index (Phi) is 6.69. The highest BCUT2D eigenvalue weighted by Crippen LogP contribution is 2.40. The summed E-state index contributed by atoms with van der Waals surface area (Å²) in [7, 11) is 0. The zero-order chi connectivity index (χ0) is 17.6. The van der Waals surface area contributed by atoms with Crippen molar-refractivity contribution in [1.82, 2.24) is 5.48 Å². The van der Waals surface area contributed by atoms with Crippen molar-refractivity contribution in [3.8, 4) is 0 Å². The molecule has 134 valence electrons. The first kappa shape index (κ1) is 18.8. The number of halogens is 2. The van der Waals surface area contributed by atoms with Crippen LogP contribution in [0.4, 0.5) is 8.78 Å². The van der Waals surface area contributed by atoms with Crippen LogP contribution in [0, 0.1) is 11.8 Å². The van der Waals surface area contributed by atoms with E-state index in [1.807, 2.05) is 30.3 Å². The van der Waals surface area contributed by atoms with Gasteiger partial charge in [-0.25, -0.2) is 14.3 Å². The van der Waals surface area contributed by atoms with Gasteiger partial charge >= 0.3 is 0 Å². The van der Waals surface area contributed by atoms with Crippen LogP contribution in [-0.4, -0.2) is 28.2 Å². The van der Waals surface area contributed by atoms with E-state index in [4.69, 9.17) is 5.21 Å². The molecule has 0 spiro atoms. The van der Waals surface area contributed by atoms with Crippen LogP contribution in [0.3, 0.4) is 0 Å². The molecule has 3 N–H and O–H groups in total. The van der Waals surface area contributed by atoms with Crippen LogP contribution in [0.2, 0.25) is 0 Å². The number of carbonyl (C=O) groups excluding carboxylic acids is 1. The highest BCUT2D eigenvalue weighted by atomic mass is 19.3. The van der Waals surface area contributed by atoms with E-state index in [2.05, 4.69) is 0 Å². The van der Waals surface area contributed by atoms with Gasteiger partial charge in [-0.05, 0) is 43.6 Å². The molecule has 1 aliphatic carbocycles. The predicted octanol–water partition coefficient (Wildman–Crippen LogP) is 3.32. The Morgan fingerprint density at radius 1 is 1.25 bits per heavy atom. The number of aliphatic hydroxyl groups excluding tert-OH is 1. The topological polar surface area (TPSA) is 69.6 Å². The van der Waals surface area contributed by atoms with Gasteiger partial charge < -0.3 is 5.11 Å². The molecule has 0 aromatic heterocycles. The fourth-order valence-electron chi connectivity index (χ4n) is 3.45.